The van der Waals surface area contributed by atoms with E-state index >= 15 is 0 Å². The Bertz CT molecular complexity index is 311. The average Bonchev–Trinajstić information content (AvgIpc) is 2.26. The van der Waals surface area contributed by atoms with Crippen LogP contribution in [0.3, 0.4) is 0 Å². The van der Waals surface area contributed by atoms with Crippen LogP contribution in [0.1, 0.15) is 24.2 Å². The fourth-order valence-electron chi connectivity index (χ4n) is 1.05. The molecule has 3 N–H and O–H groups in total. The van der Waals surface area contributed by atoms with Gasteiger partial charge < -0.3 is 11.1 Å². The molecule has 82 valence electrons. The SMILES string of the molecule is CC(C)C(N)CNC(=O)c1cccnc1. The van der Waals surface area contributed by atoms with Crippen molar-refractivity contribution in [3.8, 4) is 0 Å². The summed E-state index contributed by atoms with van der Waals surface area (Å²) in [6.07, 6.45) is 3.17. The Balaban J connectivity index is 2.44. The van der Waals surface area contributed by atoms with Crippen molar-refractivity contribution in [3.63, 3.8) is 0 Å². The predicted molar refractivity (Wildman–Crippen MR) is 59.4 cm³/mol. The molecule has 0 spiro atoms. The fourth-order valence-corrected chi connectivity index (χ4v) is 1.05. The first-order valence-electron chi connectivity index (χ1n) is 5.05. The number of hydrogen-bond donors (Lipinski definition) is 2. The number of carbonyl (C=O) groups excluding carboxylic acids is 1. The van der Waals surface area contributed by atoms with Crippen LogP contribution in [-0.2, 0) is 0 Å². The lowest BCUT2D eigenvalue weighted by Crippen LogP contribution is -2.40. The molecule has 0 aliphatic rings. The lowest BCUT2D eigenvalue weighted by atomic mass is 10.1. The summed E-state index contributed by atoms with van der Waals surface area (Å²) in [6, 6.07) is 3.45. The topological polar surface area (TPSA) is 68.0 Å². The van der Waals surface area contributed by atoms with E-state index in [0.717, 1.165) is 0 Å². The van der Waals surface area contributed by atoms with Gasteiger partial charge in [-0.15, -0.1) is 0 Å². The van der Waals surface area contributed by atoms with E-state index < -0.39 is 0 Å². The first-order valence-corrected chi connectivity index (χ1v) is 5.05. The van der Waals surface area contributed by atoms with Crippen LogP contribution in [-0.4, -0.2) is 23.5 Å². The quantitative estimate of drug-likeness (QED) is 0.767. The molecule has 1 atom stereocenters. The number of nitrogens with zero attached hydrogens (tertiary/aromatic N) is 1. The van der Waals surface area contributed by atoms with Crippen molar-refractivity contribution in [3.05, 3.63) is 30.1 Å². The summed E-state index contributed by atoms with van der Waals surface area (Å²) in [6.45, 7) is 4.55. The van der Waals surface area contributed by atoms with E-state index in [0.29, 0.717) is 18.0 Å². The molecule has 0 aliphatic heterocycles. The molecule has 0 saturated carbocycles. The van der Waals surface area contributed by atoms with E-state index in [9.17, 15) is 4.79 Å². The maximum atomic E-state index is 11.6. The number of rotatable bonds is 4. The molecule has 1 unspecified atom stereocenters. The molecule has 0 aliphatic carbocycles. The van der Waals surface area contributed by atoms with E-state index in [2.05, 4.69) is 10.3 Å². The van der Waals surface area contributed by atoms with Gasteiger partial charge in [-0.3, -0.25) is 9.78 Å². The number of hydrogen-bond acceptors (Lipinski definition) is 3. The minimum Gasteiger partial charge on any atom is -0.350 e. The highest BCUT2D eigenvalue weighted by atomic mass is 16.1. The summed E-state index contributed by atoms with van der Waals surface area (Å²) in [5.74, 6) is 0.235. The number of nitrogens with two attached hydrogens (primary N) is 1. The molecule has 0 bridgehead atoms. The van der Waals surface area contributed by atoms with Gasteiger partial charge in [0.1, 0.15) is 0 Å². The van der Waals surface area contributed by atoms with Crippen LogP contribution < -0.4 is 11.1 Å². The summed E-state index contributed by atoms with van der Waals surface area (Å²) in [7, 11) is 0. The first-order chi connectivity index (χ1) is 7.11. The van der Waals surface area contributed by atoms with Crippen molar-refractivity contribution >= 4 is 5.91 Å². The van der Waals surface area contributed by atoms with Crippen molar-refractivity contribution < 1.29 is 4.79 Å². The molecule has 0 aromatic carbocycles. The Morgan fingerprint density at radius 1 is 1.60 bits per heavy atom. The summed E-state index contributed by atoms with van der Waals surface area (Å²) in [5.41, 5.74) is 6.38. The molecule has 1 amide bonds. The zero-order chi connectivity index (χ0) is 11.3. The minimum atomic E-state index is -0.126. The standard InChI is InChI=1S/C11H17N3O/c1-8(2)10(12)7-14-11(15)9-4-3-5-13-6-9/h3-6,8,10H,7,12H2,1-2H3,(H,14,15). The van der Waals surface area contributed by atoms with Gasteiger partial charge in [-0.25, -0.2) is 0 Å². The highest BCUT2D eigenvalue weighted by Crippen LogP contribution is 1.98. The van der Waals surface area contributed by atoms with Crippen LogP contribution in [0.15, 0.2) is 24.5 Å². The zero-order valence-electron chi connectivity index (χ0n) is 9.10. The van der Waals surface area contributed by atoms with Gasteiger partial charge in [-0.2, -0.15) is 0 Å². The number of aromatic nitrogens is 1. The normalized spacial score (nSPS) is 12.5. The monoisotopic (exact) mass is 207 g/mol. The molecule has 0 saturated heterocycles. The van der Waals surface area contributed by atoms with Gasteiger partial charge in [0.05, 0.1) is 5.56 Å². The van der Waals surface area contributed by atoms with E-state index in [-0.39, 0.29) is 11.9 Å². The maximum Gasteiger partial charge on any atom is 0.252 e. The van der Waals surface area contributed by atoms with Gasteiger partial charge in [-0.1, -0.05) is 13.8 Å². The second kappa shape index (κ2) is 5.46. The van der Waals surface area contributed by atoms with Gasteiger partial charge in [0, 0.05) is 25.0 Å². The van der Waals surface area contributed by atoms with Crippen molar-refractivity contribution in [1.29, 1.82) is 0 Å². The van der Waals surface area contributed by atoms with Crippen molar-refractivity contribution in [2.75, 3.05) is 6.54 Å². The van der Waals surface area contributed by atoms with Crippen LogP contribution in [0.2, 0.25) is 0 Å². The molecule has 1 heterocycles. The maximum absolute atomic E-state index is 11.6. The summed E-state index contributed by atoms with van der Waals surface area (Å²) in [5, 5.41) is 2.78. The van der Waals surface area contributed by atoms with Crippen molar-refractivity contribution in [2.24, 2.45) is 11.7 Å². The van der Waals surface area contributed by atoms with E-state index in [1.54, 1.807) is 18.3 Å². The third kappa shape index (κ3) is 3.67. The van der Waals surface area contributed by atoms with Crippen LogP contribution in [0, 0.1) is 5.92 Å². The van der Waals surface area contributed by atoms with Crippen molar-refractivity contribution in [1.82, 2.24) is 10.3 Å². The Hall–Kier alpha value is -1.42. The Morgan fingerprint density at radius 3 is 2.87 bits per heavy atom. The first kappa shape index (κ1) is 11.7. The van der Waals surface area contributed by atoms with E-state index in [1.165, 1.54) is 6.20 Å². The molecular formula is C11H17N3O. The van der Waals surface area contributed by atoms with Crippen LogP contribution >= 0.6 is 0 Å². The fraction of sp³-hybridized carbons (Fsp3) is 0.455. The summed E-state index contributed by atoms with van der Waals surface area (Å²) in [4.78, 5) is 15.4. The van der Waals surface area contributed by atoms with Gasteiger partial charge in [-0.05, 0) is 18.1 Å². The lowest BCUT2D eigenvalue weighted by Gasteiger charge is -2.15. The third-order valence-electron chi connectivity index (χ3n) is 2.28. The zero-order valence-corrected chi connectivity index (χ0v) is 9.10. The molecule has 1 rings (SSSR count). The highest BCUT2D eigenvalue weighted by molar-refractivity contribution is 5.93. The van der Waals surface area contributed by atoms with Gasteiger partial charge in [0.25, 0.3) is 5.91 Å². The second-order valence-corrected chi connectivity index (χ2v) is 3.86. The van der Waals surface area contributed by atoms with E-state index in [1.807, 2.05) is 13.8 Å². The number of carbonyl (C=O) groups is 1. The average molecular weight is 207 g/mol. The molecule has 1 aromatic heterocycles. The molecule has 15 heavy (non-hydrogen) atoms. The predicted octanol–water partition coefficient (Wildman–Crippen LogP) is 0.795. The second-order valence-electron chi connectivity index (χ2n) is 3.86. The van der Waals surface area contributed by atoms with Crippen LogP contribution in [0.25, 0.3) is 0 Å². The van der Waals surface area contributed by atoms with Gasteiger partial charge in [0.15, 0.2) is 0 Å². The highest BCUT2D eigenvalue weighted by Gasteiger charge is 2.10. The summed E-state index contributed by atoms with van der Waals surface area (Å²) >= 11 is 0. The lowest BCUT2D eigenvalue weighted by molar-refractivity contribution is 0.0949. The largest absolute Gasteiger partial charge is 0.350 e. The molecule has 4 nitrogen and oxygen atoms in total. The minimum absolute atomic E-state index is 0.00868. The van der Waals surface area contributed by atoms with E-state index in [4.69, 9.17) is 5.73 Å². The van der Waals surface area contributed by atoms with Crippen LogP contribution in [0.5, 0.6) is 0 Å². The number of pyridine rings is 1. The van der Waals surface area contributed by atoms with Crippen LogP contribution in [0.4, 0.5) is 0 Å². The molecule has 0 fully saturated rings. The molecular weight excluding hydrogens is 190 g/mol. The molecule has 4 heteroatoms. The Morgan fingerprint density at radius 2 is 2.33 bits per heavy atom. The molecule has 1 aromatic rings. The Labute approximate surface area is 89.9 Å². The smallest absolute Gasteiger partial charge is 0.252 e. The number of amides is 1. The van der Waals surface area contributed by atoms with Crippen molar-refractivity contribution in [2.45, 2.75) is 19.9 Å². The third-order valence-corrected chi connectivity index (χ3v) is 2.28. The van der Waals surface area contributed by atoms with Gasteiger partial charge in [0.2, 0.25) is 0 Å². The molecule has 0 radical (unpaired) electrons. The summed E-state index contributed by atoms with van der Waals surface area (Å²) < 4.78 is 0. The number of nitrogens with one attached hydrogen (secondary N) is 1. The Kier molecular flexibility index (Phi) is 4.24. The van der Waals surface area contributed by atoms with Gasteiger partial charge >= 0.3 is 0 Å².